The highest BCUT2D eigenvalue weighted by Crippen LogP contribution is 2.23. The maximum absolute atomic E-state index is 11.3. The molecule has 0 unspecified atom stereocenters. The number of nitriles is 1. The van der Waals surface area contributed by atoms with Gasteiger partial charge in [-0.05, 0) is 24.3 Å². The monoisotopic (exact) mass is 226 g/mol. The molecule has 0 radical (unpaired) electrons. The van der Waals surface area contributed by atoms with Gasteiger partial charge in [-0.3, -0.25) is 4.79 Å². The summed E-state index contributed by atoms with van der Waals surface area (Å²) < 4.78 is 1.55. The van der Waals surface area contributed by atoms with Gasteiger partial charge in [0.25, 0.3) is 5.91 Å². The van der Waals surface area contributed by atoms with Gasteiger partial charge in [-0.25, -0.2) is 0 Å². The smallest absolute Gasteiger partial charge is 0.250 e. The van der Waals surface area contributed by atoms with Crippen LogP contribution in [0.2, 0.25) is 0 Å². The average Bonchev–Trinajstić information content (AvgIpc) is 2.76. The Balaban J connectivity index is 2.75. The zero-order valence-electron chi connectivity index (χ0n) is 8.92. The fourth-order valence-corrected chi connectivity index (χ4v) is 1.70. The average molecular weight is 226 g/mol. The van der Waals surface area contributed by atoms with Gasteiger partial charge in [0.05, 0.1) is 16.9 Å². The van der Waals surface area contributed by atoms with E-state index in [0.717, 1.165) is 0 Å². The fraction of sp³-hybridized carbons (Fsp3) is 0. The number of nitrogens with zero attached hydrogens (tertiary/aromatic N) is 2. The van der Waals surface area contributed by atoms with Crippen LogP contribution < -0.4 is 11.5 Å². The minimum absolute atomic E-state index is 0.290. The molecule has 0 atom stereocenters. The second-order valence-electron chi connectivity index (χ2n) is 3.48. The fourth-order valence-electron chi connectivity index (χ4n) is 1.70. The summed E-state index contributed by atoms with van der Waals surface area (Å²) in [4.78, 5) is 11.3. The Morgan fingerprint density at radius 1 is 1.29 bits per heavy atom. The predicted molar refractivity (Wildman–Crippen MR) is 63.4 cm³/mol. The van der Waals surface area contributed by atoms with Crippen molar-refractivity contribution in [3.05, 3.63) is 47.8 Å². The molecule has 2 rings (SSSR count). The number of para-hydroxylation sites is 1. The molecule has 0 aliphatic heterocycles. The second-order valence-corrected chi connectivity index (χ2v) is 3.48. The van der Waals surface area contributed by atoms with Crippen LogP contribution in [0.1, 0.15) is 16.1 Å². The first-order chi connectivity index (χ1) is 8.15. The quantitative estimate of drug-likeness (QED) is 0.748. The predicted octanol–water partition coefficient (Wildman–Crippen LogP) is 1.03. The molecule has 0 bridgehead atoms. The molecule has 1 heterocycles. The van der Waals surface area contributed by atoms with Crippen LogP contribution in [0.5, 0.6) is 0 Å². The van der Waals surface area contributed by atoms with Crippen molar-refractivity contribution in [3.8, 4) is 11.8 Å². The standard InChI is InChI=1S/C12H10N4O/c13-7-8-3-2-6-16(8)11-9(12(15)17)4-1-5-10(11)14/h1-6H,14H2,(H2,15,17). The van der Waals surface area contributed by atoms with Gasteiger partial charge in [0.15, 0.2) is 0 Å². The lowest BCUT2D eigenvalue weighted by atomic mass is 10.1. The summed E-state index contributed by atoms with van der Waals surface area (Å²) in [5.41, 5.74) is 12.7. The van der Waals surface area contributed by atoms with Gasteiger partial charge in [-0.2, -0.15) is 5.26 Å². The molecule has 0 saturated carbocycles. The van der Waals surface area contributed by atoms with Gasteiger partial charge >= 0.3 is 0 Å². The molecule has 84 valence electrons. The largest absolute Gasteiger partial charge is 0.397 e. The maximum Gasteiger partial charge on any atom is 0.250 e. The van der Waals surface area contributed by atoms with E-state index in [2.05, 4.69) is 0 Å². The van der Waals surface area contributed by atoms with E-state index in [4.69, 9.17) is 16.7 Å². The second kappa shape index (κ2) is 4.02. The summed E-state index contributed by atoms with van der Waals surface area (Å²) in [7, 11) is 0. The van der Waals surface area contributed by atoms with E-state index in [1.165, 1.54) is 0 Å². The number of hydrogen-bond donors (Lipinski definition) is 2. The van der Waals surface area contributed by atoms with Gasteiger partial charge < -0.3 is 16.0 Å². The summed E-state index contributed by atoms with van der Waals surface area (Å²) in [6.45, 7) is 0. The molecular formula is C12H10N4O. The number of primary amides is 1. The SMILES string of the molecule is N#Cc1cccn1-c1c(N)cccc1C(N)=O. The molecule has 0 aliphatic rings. The van der Waals surface area contributed by atoms with E-state index < -0.39 is 5.91 Å². The van der Waals surface area contributed by atoms with Crippen LogP contribution in [0.15, 0.2) is 36.5 Å². The lowest BCUT2D eigenvalue weighted by Gasteiger charge is -2.12. The van der Waals surface area contributed by atoms with Crippen LogP contribution in [-0.4, -0.2) is 10.5 Å². The van der Waals surface area contributed by atoms with Crippen LogP contribution in [0.25, 0.3) is 5.69 Å². The lowest BCUT2D eigenvalue weighted by molar-refractivity contribution is 0.100. The molecule has 5 heteroatoms. The van der Waals surface area contributed by atoms with E-state index in [9.17, 15) is 4.79 Å². The Hall–Kier alpha value is -2.74. The summed E-state index contributed by atoms with van der Waals surface area (Å²) in [6.07, 6.45) is 1.66. The van der Waals surface area contributed by atoms with Crippen molar-refractivity contribution in [1.82, 2.24) is 4.57 Å². The Morgan fingerprint density at radius 3 is 2.71 bits per heavy atom. The minimum atomic E-state index is -0.579. The molecule has 0 spiro atoms. The molecule has 5 nitrogen and oxygen atoms in total. The number of rotatable bonds is 2. The zero-order chi connectivity index (χ0) is 12.4. The number of anilines is 1. The number of aromatic nitrogens is 1. The normalized spacial score (nSPS) is 9.82. The number of hydrogen-bond acceptors (Lipinski definition) is 3. The molecule has 0 aliphatic carbocycles. The van der Waals surface area contributed by atoms with Crippen LogP contribution in [0.4, 0.5) is 5.69 Å². The topological polar surface area (TPSA) is 97.8 Å². The Labute approximate surface area is 97.9 Å². The summed E-state index contributed by atoms with van der Waals surface area (Å²) in [6, 6.07) is 10.2. The van der Waals surface area contributed by atoms with Crippen molar-refractivity contribution in [2.24, 2.45) is 5.73 Å². The van der Waals surface area contributed by atoms with E-state index in [1.54, 1.807) is 41.1 Å². The number of carbonyl (C=O) groups is 1. The van der Waals surface area contributed by atoms with E-state index in [-0.39, 0.29) is 5.56 Å². The molecule has 4 N–H and O–H groups in total. The minimum Gasteiger partial charge on any atom is -0.397 e. The first kappa shape index (κ1) is 10.8. The van der Waals surface area contributed by atoms with Crippen molar-refractivity contribution in [1.29, 1.82) is 5.26 Å². The van der Waals surface area contributed by atoms with Crippen molar-refractivity contribution in [3.63, 3.8) is 0 Å². The number of amides is 1. The number of nitrogen functional groups attached to an aromatic ring is 1. The van der Waals surface area contributed by atoms with Crippen LogP contribution in [0, 0.1) is 11.3 Å². The highest BCUT2D eigenvalue weighted by molar-refractivity contribution is 5.98. The van der Waals surface area contributed by atoms with Crippen LogP contribution >= 0.6 is 0 Å². The molecule has 17 heavy (non-hydrogen) atoms. The van der Waals surface area contributed by atoms with Crippen molar-refractivity contribution in [2.45, 2.75) is 0 Å². The first-order valence-electron chi connectivity index (χ1n) is 4.91. The third-order valence-corrected chi connectivity index (χ3v) is 2.44. The Bertz CT molecular complexity index is 622. The summed E-state index contributed by atoms with van der Waals surface area (Å²) in [5, 5.41) is 8.96. The number of benzene rings is 1. The third-order valence-electron chi connectivity index (χ3n) is 2.44. The molecule has 0 fully saturated rings. The van der Waals surface area contributed by atoms with E-state index >= 15 is 0 Å². The van der Waals surface area contributed by atoms with Gasteiger partial charge in [0.1, 0.15) is 11.8 Å². The van der Waals surface area contributed by atoms with E-state index in [1.807, 2.05) is 6.07 Å². The van der Waals surface area contributed by atoms with Crippen LogP contribution in [0.3, 0.4) is 0 Å². The van der Waals surface area contributed by atoms with Gasteiger partial charge in [-0.15, -0.1) is 0 Å². The summed E-state index contributed by atoms with van der Waals surface area (Å²) >= 11 is 0. The van der Waals surface area contributed by atoms with Crippen molar-refractivity contribution >= 4 is 11.6 Å². The molecule has 2 aromatic rings. The Kier molecular flexibility index (Phi) is 2.55. The van der Waals surface area contributed by atoms with E-state index in [0.29, 0.717) is 17.1 Å². The molecule has 1 aromatic carbocycles. The number of carbonyl (C=O) groups excluding carboxylic acids is 1. The zero-order valence-corrected chi connectivity index (χ0v) is 8.92. The third kappa shape index (κ3) is 1.72. The van der Waals surface area contributed by atoms with Gasteiger partial charge in [0, 0.05) is 6.20 Å². The Morgan fingerprint density at radius 2 is 2.06 bits per heavy atom. The summed E-state index contributed by atoms with van der Waals surface area (Å²) in [5.74, 6) is -0.579. The molecule has 1 aromatic heterocycles. The maximum atomic E-state index is 11.3. The van der Waals surface area contributed by atoms with Gasteiger partial charge in [0.2, 0.25) is 0 Å². The molecular weight excluding hydrogens is 216 g/mol. The number of nitrogens with two attached hydrogens (primary N) is 2. The lowest BCUT2D eigenvalue weighted by Crippen LogP contribution is -2.16. The highest BCUT2D eigenvalue weighted by Gasteiger charge is 2.14. The first-order valence-corrected chi connectivity index (χ1v) is 4.91. The molecule has 1 amide bonds. The van der Waals surface area contributed by atoms with Crippen LogP contribution in [-0.2, 0) is 0 Å². The van der Waals surface area contributed by atoms with Crippen molar-refractivity contribution < 1.29 is 4.79 Å². The van der Waals surface area contributed by atoms with Gasteiger partial charge in [-0.1, -0.05) is 6.07 Å². The van der Waals surface area contributed by atoms with Crippen molar-refractivity contribution in [2.75, 3.05) is 5.73 Å². The molecule has 0 saturated heterocycles. The highest BCUT2D eigenvalue weighted by atomic mass is 16.1.